The number of halogens is 1. The molecular weight excluding hydrogens is 191 g/mol. The molecule has 1 fully saturated rings. The second-order valence-corrected chi connectivity index (χ2v) is 4.48. The first-order valence-electron chi connectivity index (χ1n) is 5.57. The van der Waals surface area contributed by atoms with E-state index in [0.717, 1.165) is 30.5 Å². The zero-order valence-corrected chi connectivity index (χ0v) is 8.62. The molecule has 0 saturated carbocycles. The van der Waals surface area contributed by atoms with Gasteiger partial charge < -0.3 is 10.6 Å². The summed E-state index contributed by atoms with van der Waals surface area (Å²) in [4.78, 5) is 2.21. The van der Waals surface area contributed by atoms with E-state index in [9.17, 15) is 4.39 Å². The third kappa shape index (κ3) is 1.19. The first-order chi connectivity index (χ1) is 7.31. The number of hydrogen-bond donors (Lipinski definition) is 1. The molecule has 0 bridgehead atoms. The Morgan fingerprint density at radius 1 is 1.40 bits per heavy atom. The highest BCUT2D eigenvalue weighted by molar-refractivity contribution is 5.62. The minimum Gasteiger partial charge on any atom is -0.361 e. The van der Waals surface area contributed by atoms with Gasteiger partial charge in [-0.15, -0.1) is 0 Å². The van der Waals surface area contributed by atoms with E-state index in [1.54, 1.807) is 12.1 Å². The lowest BCUT2D eigenvalue weighted by molar-refractivity contribution is 0.601. The largest absolute Gasteiger partial charge is 0.361 e. The van der Waals surface area contributed by atoms with Crippen LogP contribution in [0.1, 0.15) is 18.4 Å². The van der Waals surface area contributed by atoms with Gasteiger partial charge in [0, 0.05) is 18.6 Å². The summed E-state index contributed by atoms with van der Waals surface area (Å²) in [5.41, 5.74) is 7.70. The number of benzene rings is 1. The Morgan fingerprint density at radius 2 is 2.27 bits per heavy atom. The third-order valence-corrected chi connectivity index (χ3v) is 3.68. The number of nitrogens with two attached hydrogens (primary N) is 1. The lowest BCUT2D eigenvalue weighted by Crippen LogP contribution is -2.38. The maximum atomic E-state index is 13.8. The summed E-state index contributed by atoms with van der Waals surface area (Å²) in [7, 11) is 0. The quantitative estimate of drug-likeness (QED) is 0.757. The molecule has 0 amide bonds. The van der Waals surface area contributed by atoms with Crippen molar-refractivity contribution in [1.29, 1.82) is 0 Å². The van der Waals surface area contributed by atoms with Crippen LogP contribution in [0.5, 0.6) is 0 Å². The highest BCUT2D eigenvalue weighted by Gasteiger charge is 2.40. The molecule has 2 aliphatic heterocycles. The molecule has 2 aliphatic rings. The van der Waals surface area contributed by atoms with Crippen molar-refractivity contribution in [2.24, 2.45) is 5.73 Å². The molecule has 2 unspecified atom stereocenters. The molecule has 2 N–H and O–H groups in total. The molecule has 15 heavy (non-hydrogen) atoms. The Balaban J connectivity index is 2.07. The molecule has 1 aromatic carbocycles. The Kier molecular flexibility index (Phi) is 1.96. The summed E-state index contributed by atoms with van der Waals surface area (Å²) in [6.07, 6.45) is 3.24. The minimum atomic E-state index is -0.0876. The average Bonchev–Trinajstić information content (AvgIpc) is 2.75. The van der Waals surface area contributed by atoms with Crippen LogP contribution in [0.2, 0.25) is 0 Å². The topological polar surface area (TPSA) is 29.3 Å². The van der Waals surface area contributed by atoms with Crippen LogP contribution in [-0.4, -0.2) is 18.6 Å². The summed E-state index contributed by atoms with van der Waals surface area (Å²) in [5, 5.41) is 0. The standard InChI is InChI=1S/C12H15FN2/c13-11-3-1-2-8-6-9-4-5-10(7-14)15(9)12(8)11/h1-3,9-10H,4-7,14H2. The zero-order chi connectivity index (χ0) is 10.4. The first kappa shape index (κ1) is 9.16. The molecule has 2 heterocycles. The summed E-state index contributed by atoms with van der Waals surface area (Å²) < 4.78 is 13.8. The van der Waals surface area contributed by atoms with Crippen LogP contribution in [0.15, 0.2) is 18.2 Å². The van der Waals surface area contributed by atoms with Gasteiger partial charge in [0.2, 0.25) is 0 Å². The van der Waals surface area contributed by atoms with Crippen LogP contribution in [0.25, 0.3) is 0 Å². The van der Waals surface area contributed by atoms with Crippen LogP contribution >= 0.6 is 0 Å². The number of rotatable bonds is 1. The molecule has 3 heteroatoms. The maximum Gasteiger partial charge on any atom is 0.146 e. The van der Waals surface area contributed by atoms with Crippen molar-refractivity contribution in [2.45, 2.75) is 31.3 Å². The number of fused-ring (bicyclic) bond motifs is 3. The first-order valence-corrected chi connectivity index (χ1v) is 5.57. The second kappa shape index (κ2) is 3.20. The van der Waals surface area contributed by atoms with Crippen molar-refractivity contribution in [3.8, 4) is 0 Å². The Hall–Kier alpha value is -1.09. The van der Waals surface area contributed by atoms with Gasteiger partial charge in [-0.1, -0.05) is 12.1 Å². The monoisotopic (exact) mass is 206 g/mol. The maximum absolute atomic E-state index is 13.8. The van der Waals surface area contributed by atoms with Crippen molar-refractivity contribution in [1.82, 2.24) is 0 Å². The molecule has 0 radical (unpaired) electrons. The summed E-state index contributed by atoms with van der Waals surface area (Å²) >= 11 is 0. The number of anilines is 1. The van der Waals surface area contributed by atoms with E-state index in [1.807, 2.05) is 6.07 Å². The highest BCUT2D eigenvalue weighted by Crippen LogP contribution is 2.41. The Labute approximate surface area is 88.9 Å². The summed E-state index contributed by atoms with van der Waals surface area (Å²) in [6, 6.07) is 6.21. The lowest BCUT2D eigenvalue weighted by atomic mass is 10.1. The third-order valence-electron chi connectivity index (χ3n) is 3.68. The van der Waals surface area contributed by atoms with Gasteiger partial charge in [-0.25, -0.2) is 4.39 Å². The van der Waals surface area contributed by atoms with Gasteiger partial charge >= 0.3 is 0 Å². The predicted molar refractivity (Wildman–Crippen MR) is 58.4 cm³/mol. The van der Waals surface area contributed by atoms with Crippen LogP contribution in [0, 0.1) is 5.82 Å². The molecule has 0 aromatic heterocycles. The molecule has 0 aliphatic carbocycles. The van der Waals surface area contributed by atoms with E-state index in [-0.39, 0.29) is 5.82 Å². The van der Waals surface area contributed by atoms with Crippen LogP contribution < -0.4 is 10.6 Å². The fourth-order valence-corrected chi connectivity index (χ4v) is 3.03. The fourth-order valence-electron chi connectivity index (χ4n) is 3.03. The van der Waals surface area contributed by atoms with Crippen LogP contribution in [-0.2, 0) is 6.42 Å². The van der Waals surface area contributed by atoms with Crippen LogP contribution in [0.4, 0.5) is 10.1 Å². The van der Waals surface area contributed by atoms with Gasteiger partial charge in [0.25, 0.3) is 0 Å². The smallest absolute Gasteiger partial charge is 0.146 e. The van der Waals surface area contributed by atoms with E-state index in [4.69, 9.17) is 5.73 Å². The predicted octanol–water partition coefficient (Wildman–Crippen LogP) is 1.68. The molecule has 2 atom stereocenters. The van der Waals surface area contributed by atoms with Crippen molar-refractivity contribution in [3.63, 3.8) is 0 Å². The number of nitrogens with zero attached hydrogens (tertiary/aromatic N) is 1. The van der Waals surface area contributed by atoms with Crippen LogP contribution in [0.3, 0.4) is 0 Å². The van der Waals surface area contributed by atoms with Crippen molar-refractivity contribution in [3.05, 3.63) is 29.6 Å². The van der Waals surface area contributed by atoms with E-state index >= 15 is 0 Å². The van der Waals surface area contributed by atoms with Gasteiger partial charge in [0.1, 0.15) is 5.82 Å². The van der Waals surface area contributed by atoms with E-state index in [2.05, 4.69) is 4.90 Å². The van der Waals surface area contributed by atoms with Crippen molar-refractivity contribution < 1.29 is 4.39 Å². The number of hydrogen-bond acceptors (Lipinski definition) is 2. The molecule has 1 saturated heterocycles. The molecule has 2 nitrogen and oxygen atoms in total. The van der Waals surface area contributed by atoms with Crippen molar-refractivity contribution >= 4 is 5.69 Å². The zero-order valence-electron chi connectivity index (χ0n) is 8.62. The Morgan fingerprint density at radius 3 is 3.07 bits per heavy atom. The second-order valence-electron chi connectivity index (χ2n) is 4.48. The van der Waals surface area contributed by atoms with E-state index in [1.165, 1.54) is 0 Å². The Bertz CT molecular complexity index is 389. The van der Waals surface area contributed by atoms with E-state index in [0.29, 0.717) is 18.6 Å². The SMILES string of the molecule is NCC1CCC2Cc3cccc(F)c3N12. The highest BCUT2D eigenvalue weighted by atomic mass is 19.1. The molecule has 80 valence electrons. The van der Waals surface area contributed by atoms with E-state index < -0.39 is 0 Å². The van der Waals surface area contributed by atoms with Gasteiger partial charge in [0.05, 0.1) is 5.69 Å². The lowest BCUT2D eigenvalue weighted by Gasteiger charge is -2.26. The van der Waals surface area contributed by atoms with Gasteiger partial charge in [-0.2, -0.15) is 0 Å². The number of para-hydroxylation sites is 1. The van der Waals surface area contributed by atoms with Gasteiger partial charge in [-0.3, -0.25) is 0 Å². The van der Waals surface area contributed by atoms with Gasteiger partial charge in [0.15, 0.2) is 0 Å². The molecule has 3 rings (SSSR count). The molecular formula is C12H15FN2. The molecule has 1 aromatic rings. The average molecular weight is 206 g/mol. The normalized spacial score (nSPS) is 28.0. The van der Waals surface area contributed by atoms with Crippen molar-refractivity contribution in [2.75, 3.05) is 11.4 Å². The van der Waals surface area contributed by atoms with Gasteiger partial charge in [-0.05, 0) is 30.9 Å². The summed E-state index contributed by atoms with van der Waals surface area (Å²) in [6.45, 7) is 0.629. The molecule has 0 spiro atoms. The minimum absolute atomic E-state index is 0.0876. The fraction of sp³-hybridized carbons (Fsp3) is 0.500. The summed E-state index contributed by atoms with van der Waals surface area (Å²) in [5.74, 6) is -0.0876.